The quantitative estimate of drug-likeness (QED) is 0.570. The van der Waals surface area contributed by atoms with E-state index in [1.54, 1.807) is 18.9 Å². The van der Waals surface area contributed by atoms with Gasteiger partial charge in [-0.2, -0.15) is 0 Å². The van der Waals surface area contributed by atoms with Gasteiger partial charge in [-0.1, -0.05) is 71.0 Å². The fourth-order valence-electron chi connectivity index (χ4n) is 4.24. The third-order valence-electron chi connectivity index (χ3n) is 6.19. The Balaban J connectivity index is 1.51. The van der Waals surface area contributed by atoms with E-state index in [2.05, 4.69) is 44.8 Å². The van der Waals surface area contributed by atoms with Gasteiger partial charge >= 0.3 is 0 Å². The van der Waals surface area contributed by atoms with E-state index in [-0.39, 0.29) is 24.2 Å². The monoisotopic (exact) mass is 447 g/mol. The molecule has 33 heavy (non-hydrogen) atoms. The van der Waals surface area contributed by atoms with Crippen molar-refractivity contribution < 1.29 is 14.2 Å². The van der Waals surface area contributed by atoms with Gasteiger partial charge in [-0.15, -0.1) is 0 Å². The highest BCUT2D eigenvalue weighted by Gasteiger charge is 2.34. The summed E-state index contributed by atoms with van der Waals surface area (Å²) in [6.07, 6.45) is 0.100. The first kappa shape index (κ1) is 22.7. The average Bonchev–Trinajstić information content (AvgIpc) is 3.24. The molecule has 2 heterocycles. The normalized spacial score (nSPS) is 16.6. The second-order valence-corrected chi connectivity index (χ2v) is 8.43. The van der Waals surface area contributed by atoms with Crippen molar-refractivity contribution in [3.05, 3.63) is 83.2 Å². The third-order valence-corrected chi connectivity index (χ3v) is 6.19. The minimum Gasteiger partial charge on any atom is -0.353 e. The van der Waals surface area contributed by atoms with Crippen molar-refractivity contribution in [2.45, 2.75) is 31.8 Å². The van der Waals surface area contributed by atoms with Crippen LogP contribution >= 0.6 is 0 Å². The van der Waals surface area contributed by atoms with Gasteiger partial charge < -0.3 is 10.2 Å². The first-order valence-electron chi connectivity index (χ1n) is 11.2. The number of hydrogen-bond donors (Lipinski definition) is 1. The van der Waals surface area contributed by atoms with Crippen molar-refractivity contribution >= 4 is 11.8 Å². The highest BCUT2D eigenvalue weighted by atomic mass is 16.6. The summed E-state index contributed by atoms with van der Waals surface area (Å²) < 4.78 is 4.73. The molecule has 1 atom stereocenters. The number of nitrogens with one attached hydrogen (secondary N) is 1. The van der Waals surface area contributed by atoms with Gasteiger partial charge in [-0.05, 0) is 18.1 Å². The highest BCUT2D eigenvalue weighted by molar-refractivity contribution is 5.88. The van der Waals surface area contributed by atoms with Crippen molar-refractivity contribution in [1.82, 2.24) is 25.4 Å². The lowest BCUT2D eigenvalue weighted by Gasteiger charge is -2.37. The van der Waals surface area contributed by atoms with E-state index in [0.717, 1.165) is 0 Å². The lowest BCUT2D eigenvalue weighted by Crippen LogP contribution is -2.57. The number of amides is 2. The van der Waals surface area contributed by atoms with E-state index >= 15 is 0 Å². The molecule has 4 rings (SSSR count). The minimum absolute atomic E-state index is 0.0949. The molecule has 2 aromatic carbocycles. The second-order valence-electron chi connectivity index (χ2n) is 8.43. The number of aromatic nitrogens is 2. The number of benzene rings is 2. The number of aryl methyl sites for hydroxylation is 1. The molecule has 0 bridgehead atoms. The summed E-state index contributed by atoms with van der Waals surface area (Å²) in [5, 5.41) is 10.5. The zero-order chi connectivity index (χ0) is 23.2. The van der Waals surface area contributed by atoms with E-state index in [0.29, 0.717) is 37.6 Å². The van der Waals surface area contributed by atoms with E-state index in [4.69, 9.17) is 4.63 Å². The van der Waals surface area contributed by atoms with Gasteiger partial charge in [0.25, 0.3) is 0 Å². The Labute approximate surface area is 193 Å². The standard InChI is InChI=1S/C25H29N5O3/c1-18-22(28-33-27-18)17-29(2)24(31)15-23-25(32)26-13-14-30(23)16-21(19-9-5-3-6-10-19)20-11-7-4-8-12-20/h3-12,21,23H,13-17H2,1-2H3,(H,26,32)/t23-/m0/s1. The van der Waals surface area contributed by atoms with Crippen LogP contribution in [0.4, 0.5) is 0 Å². The van der Waals surface area contributed by atoms with Gasteiger partial charge in [0.05, 0.1) is 19.0 Å². The van der Waals surface area contributed by atoms with Crippen molar-refractivity contribution in [3.63, 3.8) is 0 Å². The van der Waals surface area contributed by atoms with E-state index in [1.165, 1.54) is 11.1 Å². The SMILES string of the molecule is Cc1nonc1CN(C)C(=O)C[C@H]1C(=O)NCCN1CC(c1ccccc1)c1ccccc1. The van der Waals surface area contributed by atoms with Crippen LogP contribution in [-0.2, 0) is 16.1 Å². The lowest BCUT2D eigenvalue weighted by molar-refractivity contribution is -0.138. The smallest absolute Gasteiger partial charge is 0.237 e. The molecule has 0 saturated carbocycles. The zero-order valence-electron chi connectivity index (χ0n) is 19.0. The Hall–Kier alpha value is -3.52. The molecule has 0 aliphatic carbocycles. The molecule has 8 heteroatoms. The molecule has 0 unspecified atom stereocenters. The molecule has 1 aliphatic heterocycles. The third kappa shape index (κ3) is 5.46. The Morgan fingerprint density at radius 2 is 1.76 bits per heavy atom. The Morgan fingerprint density at radius 1 is 1.12 bits per heavy atom. The molecule has 172 valence electrons. The van der Waals surface area contributed by atoms with Crippen LogP contribution < -0.4 is 5.32 Å². The van der Waals surface area contributed by atoms with Gasteiger partial charge in [-0.25, -0.2) is 4.63 Å². The van der Waals surface area contributed by atoms with Crippen LogP contribution in [0.25, 0.3) is 0 Å². The molecule has 0 spiro atoms. The Bertz CT molecular complexity index is 1030. The summed E-state index contributed by atoms with van der Waals surface area (Å²) >= 11 is 0. The van der Waals surface area contributed by atoms with Crippen LogP contribution in [-0.4, -0.2) is 64.7 Å². The Kier molecular flexibility index (Phi) is 7.14. The summed E-state index contributed by atoms with van der Waals surface area (Å²) in [5.41, 5.74) is 3.64. The predicted octanol–water partition coefficient (Wildman–Crippen LogP) is 2.36. The fraction of sp³-hybridized carbons (Fsp3) is 0.360. The Morgan fingerprint density at radius 3 is 2.33 bits per heavy atom. The average molecular weight is 448 g/mol. The van der Waals surface area contributed by atoms with Gasteiger partial charge in [-0.3, -0.25) is 14.5 Å². The van der Waals surface area contributed by atoms with Crippen molar-refractivity contribution in [1.29, 1.82) is 0 Å². The molecule has 1 aromatic heterocycles. The highest BCUT2D eigenvalue weighted by Crippen LogP contribution is 2.27. The van der Waals surface area contributed by atoms with Gasteiger partial charge in [0, 0.05) is 32.6 Å². The first-order chi connectivity index (χ1) is 16.0. The summed E-state index contributed by atoms with van der Waals surface area (Å²) in [6, 6.07) is 20.1. The maximum absolute atomic E-state index is 13.0. The molecule has 3 aromatic rings. The maximum atomic E-state index is 13.0. The molecule has 8 nitrogen and oxygen atoms in total. The van der Waals surface area contributed by atoms with Crippen molar-refractivity contribution in [2.75, 3.05) is 26.7 Å². The van der Waals surface area contributed by atoms with Crippen molar-refractivity contribution in [3.8, 4) is 0 Å². The molecular weight excluding hydrogens is 418 g/mol. The van der Waals surface area contributed by atoms with Crippen LogP contribution in [0.2, 0.25) is 0 Å². The summed E-state index contributed by atoms with van der Waals surface area (Å²) in [7, 11) is 1.71. The lowest BCUT2D eigenvalue weighted by atomic mass is 9.90. The maximum Gasteiger partial charge on any atom is 0.237 e. The largest absolute Gasteiger partial charge is 0.353 e. The fourth-order valence-corrected chi connectivity index (χ4v) is 4.24. The second kappa shape index (κ2) is 10.4. The molecular formula is C25H29N5O3. The van der Waals surface area contributed by atoms with Crippen molar-refractivity contribution in [2.24, 2.45) is 0 Å². The molecule has 0 radical (unpaired) electrons. The molecule has 1 N–H and O–H groups in total. The number of rotatable bonds is 8. The number of carbonyl (C=O) groups excluding carboxylic acids is 2. The van der Waals surface area contributed by atoms with E-state index in [1.807, 2.05) is 36.4 Å². The van der Waals surface area contributed by atoms with Crippen LogP contribution in [0.1, 0.15) is 34.9 Å². The first-order valence-corrected chi connectivity index (χ1v) is 11.2. The van der Waals surface area contributed by atoms with E-state index in [9.17, 15) is 9.59 Å². The van der Waals surface area contributed by atoms with Gasteiger partial charge in [0.2, 0.25) is 11.8 Å². The number of hydrogen-bond acceptors (Lipinski definition) is 6. The van der Waals surface area contributed by atoms with Crippen LogP contribution in [0.5, 0.6) is 0 Å². The summed E-state index contributed by atoms with van der Waals surface area (Å²) in [5.74, 6) is -0.139. The summed E-state index contributed by atoms with van der Waals surface area (Å²) in [4.78, 5) is 29.5. The minimum atomic E-state index is -0.528. The van der Waals surface area contributed by atoms with Gasteiger partial charge in [0.1, 0.15) is 11.4 Å². The molecule has 1 saturated heterocycles. The molecule has 1 aliphatic rings. The van der Waals surface area contributed by atoms with E-state index < -0.39 is 6.04 Å². The molecule has 2 amide bonds. The number of carbonyl (C=O) groups is 2. The molecule has 1 fully saturated rings. The summed E-state index contributed by atoms with van der Waals surface area (Å²) in [6.45, 7) is 3.98. The van der Waals surface area contributed by atoms with Crippen LogP contribution in [0.3, 0.4) is 0 Å². The number of nitrogens with zero attached hydrogens (tertiary/aromatic N) is 4. The predicted molar refractivity (Wildman–Crippen MR) is 123 cm³/mol. The number of piperazine rings is 1. The zero-order valence-corrected chi connectivity index (χ0v) is 19.0. The topological polar surface area (TPSA) is 91.6 Å². The van der Waals surface area contributed by atoms with Gasteiger partial charge in [0.15, 0.2) is 0 Å². The van der Waals surface area contributed by atoms with Crippen LogP contribution in [0.15, 0.2) is 65.3 Å². The van der Waals surface area contributed by atoms with Crippen LogP contribution in [0, 0.1) is 6.92 Å².